The van der Waals surface area contributed by atoms with Crippen LogP contribution in [0.15, 0.2) is 42.5 Å². The first-order valence-electron chi connectivity index (χ1n) is 13.8. The first-order valence-corrected chi connectivity index (χ1v) is 13.8. The van der Waals surface area contributed by atoms with Crippen LogP contribution in [0.2, 0.25) is 0 Å². The number of nitrogens with one attached hydrogen (secondary N) is 2. The molecular formula is C30H42N4O4. The molecule has 0 bridgehead atoms. The summed E-state index contributed by atoms with van der Waals surface area (Å²) >= 11 is 0. The molecule has 206 valence electrons. The second-order valence-corrected chi connectivity index (χ2v) is 10.8. The van der Waals surface area contributed by atoms with Gasteiger partial charge in [-0.25, -0.2) is 4.79 Å². The fourth-order valence-electron chi connectivity index (χ4n) is 5.57. The van der Waals surface area contributed by atoms with E-state index in [0.717, 1.165) is 68.9 Å². The van der Waals surface area contributed by atoms with Crippen molar-refractivity contribution < 1.29 is 19.4 Å². The van der Waals surface area contributed by atoms with Crippen LogP contribution in [0, 0.1) is 12.8 Å². The van der Waals surface area contributed by atoms with E-state index in [1.54, 1.807) is 0 Å². The SMILES string of the molecule is Cc1cc(N(C)C(=O)C2CCC(Oc3cccc(CCNC(=O)O)c3)CC2)ccc1CN1CCN[C@@H](C)C1. The lowest BCUT2D eigenvalue weighted by Crippen LogP contribution is -2.48. The van der Waals surface area contributed by atoms with Crippen LogP contribution in [-0.4, -0.2) is 67.4 Å². The third-order valence-electron chi connectivity index (χ3n) is 7.81. The molecule has 1 atom stereocenters. The van der Waals surface area contributed by atoms with Crippen LogP contribution in [0.5, 0.6) is 5.75 Å². The summed E-state index contributed by atoms with van der Waals surface area (Å²) in [5.41, 5.74) is 4.54. The van der Waals surface area contributed by atoms with Crippen LogP contribution >= 0.6 is 0 Å². The van der Waals surface area contributed by atoms with Gasteiger partial charge in [0.05, 0.1) is 6.10 Å². The molecule has 0 aromatic heterocycles. The highest BCUT2D eigenvalue weighted by molar-refractivity contribution is 5.94. The van der Waals surface area contributed by atoms with E-state index in [1.165, 1.54) is 11.1 Å². The molecule has 1 heterocycles. The van der Waals surface area contributed by atoms with Gasteiger partial charge in [-0.2, -0.15) is 0 Å². The highest BCUT2D eigenvalue weighted by Crippen LogP contribution is 2.31. The third-order valence-corrected chi connectivity index (χ3v) is 7.81. The smallest absolute Gasteiger partial charge is 0.404 e. The van der Waals surface area contributed by atoms with Crippen molar-refractivity contribution in [3.8, 4) is 5.75 Å². The maximum atomic E-state index is 13.3. The molecule has 2 amide bonds. The van der Waals surface area contributed by atoms with Crippen LogP contribution in [0.25, 0.3) is 0 Å². The standard InChI is InChI=1S/C30H42N4O4/c1-21-17-26(10-7-25(21)20-34-16-15-31-22(2)19-34)33(3)29(35)24-8-11-27(12-9-24)38-28-6-4-5-23(18-28)13-14-32-30(36)37/h4-7,10,17-18,22,24,27,31-32H,8-9,11-16,19-20H2,1-3H3,(H,36,37)/t22-,24?,27?/m0/s1. The summed E-state index contributed by atoms with van der Waals surface area (Å²) in [5.74, 6) is 0.991. The lowest BCUT2D eigenvalue weighted by Gasteiger charge is -2.32. The largest absolute Gasteiger partial charge is 0.490 e. The normalized spacial score (nSPS) is 22.0. The number of carboxylic acid groups (broad SMARTS) is 1. The predicted molar refractivity (Wildman–Crippen MR) is 150 cm³/mol. The Morgan fingerprint density at radius 1 is 1.16 bits per heavy atom. The Labute approximate surface area is 226 Å². The molecule has 0 radical (unpaired) electrons. The Morgan fingerprint density at radius 3 is 2.66 bits per heavy atom. The van der Waals surface area contributed by atoms with E-state index < -0.39 is 6.09 Å². The molecule has 2 aromatic rings. The molecule has 2 aromatic carbocycles. The molecule has 4 rings (SSSR count). The molecule has 1 aliphatic carbocycles. The monoisotopic (exact) mass is 522 g/mol. The van der Waals surface area contributed by atoms with Gasteiger partial charge in [-0.3, -0.25) is 9.69 Å². The Kier molecular flexibility index (Phi) is 9.63. The van der Waals surface area contributed by atoms with Crippen molar-refractivity contribution in [3.63, 3.8) is 0 Å². The first-order chi connectivity index (χ1) is 18.3. The number of carbonyl (C=O) groups is 2. The molecule has 1 saturated carbocycles. The number of benzene rings is 2. The van der Waals surface area contributed by atoms with Crippen LogP contribution in [0.1, 0.15) is 49.3 Å². The average Bonchev–Trinajstić information content (AvgIpc) is 2.89. The maximum absolute atomic E-state index is 13.3. The summed E-state index contributed by atoms with van der Waals surface area (Å²) in [6, 6.07) is 14.8. The van der Waals surface area contributed by atoms with Gasteiger partial charge in [0.15, 0.2) is 0 Å². The second-order valence-electron chi connectivity index (χ2n) is 10.8. The molecule has 1 saturated heterocycles. The molecular weight excluding hydrogens is 480 g/mol. The number of ether oxygens (including phenoxy) is 1. The van der Waals surface area contributed by atoms with Gasteiger partial charge >= 0.3 is 6.09 Å². The van der Waals surface area contributed by atoms with Crippen molar-refractivity contribution in [2.45, 2.75) is 64.6 Å². The average molecular weight is 523 g/mol. The summed E-state index contributed by atoms with van der Waals surface area (Å²) in [6.45, 7) is 8.84. The van der Waals surface area contributed by atoms with Gasteiger partial charge in [0, 0.05) is 57.4 Å². The Bertz CT molecular complexity index is 1100. The number of hydrogen-bond donors (Lipinski definition) is 3. The Hall–Kier alpha value is -3.10. The second kappa shape index (κ2) is 13.1. The summed E-state index contributed by atoms with van der Waals surface area (Å²) in [7, 11) is 1.89. The molecule has 8 nitrogen and oxygen atoms in total. The van der Waals surface area contributed by atoms with E-state index in [9.17, 15) is 9.59 Å². The van der Waals surface area contributed by atoms with Gasteiger partial charge in [0.2, 0.25) is 5.91 Å². The minimum absolute atomic E-state index is 0.00981. The van der Waals surface area contributed by atoms with Crippen molar-refractivity contribution in [1.29, 1.82) is 0 Å². The fraction of sp³-hybridized carbons (Fsp3) is 0.533. The Balaban J connectivity index is 1.26. The van der Waals surface area contributed by atoms with Crippen LogP contribution in [0.4, 0.5) is 10.5 Å². The van der Waals surface area contributed by atoms with Crippen LogP contribution < -0.4 is 20.3 Å². The fourth-order valence-corrected chi connectivity index (χ4v) is 5.57. The number of hydrogen-bond acceptors (Lipinski definition) is 5. The zero-order valence-corrected chi connectivity index (χ0v) is 22.9. The molecule has 38 heavy (non-hydrogen) atoms. The van der Waals surface area contributed by atoms with Crippen LogP contribution in [-0.2, 0) is 17.8 Å². The van der Waals surface area contributed by atoms with Crippen molar-refractivity contribution in [3.05, 3.63) is 59.2 Å². The molecule has 2 fully saturated rings. The summed E-state index contributed by atoms with van der Waals surface area (Å²) in [4.78, 5) is 28.3. The minimum Gasteiger partial charge on any atom is -0.490 e. The molecule has 8 heteroatoms. The highest BCUT2D eigenvalue weighted by atomic mass is 16.5. The van der Waals surface area contributed by atoms with Crippen molar-refractivity contribution >= 4 is 17.7 Å². The van der Waals surface area contributed by atoms with E-state index in [-0.39, 0.29) is 17.9 Å². The number of carbonyl (C=O) groups excluding carboxylic acids is 1. The predicted octanol–water partition coefficient (Wildman–Crippen LogP) is 4.20. The van der Waals surface area contributed by atoms with E-state index >= 15 is 0 Å². The van der Waals surface area contributed by atoms with E-state index in [1.807, 2.05) is 36.2 Å². The Morgan fingerprint density at radius 2 is 1.95 bits per heavy atom. The number of piperazine rings is 1. The minimum atomic E-state index is -1.01. The summed E-state index contributed by atoms with van der Waals surface area (Å²) < 4.78 is 6.22. The number of anilines is 1. The quantitative estimate of drug-likeness (QED) is 0.457. The van der Waals surface area contributed by atoms with Gasteiger partial charge in [-0.05, 0) is 86.9 Å². The van der Waals surface area contributed by atoms with Crippen molar-refractivity contribution in [2.24, 2.45) is 5.92 Å². The van der Waals surface area contributed by atoms with E-state index in [0.29, 0.717) is 19.0 Å². The van der Waals surface area contributed by atoms with E-state index in [2.05, 4.69) is 47.6 Å². The number of amides is 2. The number of nitrogens with zero attached hydrogens (tertiary/aromatic N) is 2. The topological polar surface area (TPSA) is 94.1 Å². The highest BCUT2D eigenvalue weighted by Gasteiger charge is 2.30. The first kappa shape index (κ1) is 27.9. The molecule has 1 aliphatic heterocycles. The van der Waals surface area contributed by atoms with Crippen molar-refractivity contribution in [2.75, 3.05) is 38.1 Å². The molecule has 0 spiro atoms. The zero-order valence-electron chi connectivity index (χ0n) is 22.9. The molecule has 3 N–H and O–H groups in total. The maximum Gasteiger partial charge on any atom is 0.404 e. The lowest BCUT2D eigenvalue weighted by atomic mass is 9.86. The van der Waals surface area contributed by atoms with Gasteiger partial charge in [0.25, 0.3) is 0 Å². The van der Waals surface area contributed by atoms with Crippen molar-refractivity contribution in [1.82, 2.24) is 15.5 Å². The summed E-state index contributed by atoms with van der Waals surface area (Å²) in [5, 5.41) is 14.6. The van der Waals surface area contributed by atoms with Gasteiger partial charge in [0.1, 0.15) is 5.75 Å². The number of aryl methyl sites for hydroxylation is 1. The third kappa shape index (κ3) is 7.71. The lowest BCUT2D eigenvalue weighted by molar-refractivity contribution is -0.123. The molecule has 2 aliphatic rings. The van der Waals surface area contributed by atoms with Gasteiger partial charge in [-0.1, -0.05) is 18.2 Å². The molecule has 0 unspecified atom stereocenters. The van der Waals surface area contributed by atoms with Gasteiger partial charge in [-0.15, -0.1) is 0 Å². The van der Waals surface area contributed by atoms with Crippen LogP contribution in [0.3, 0.4) is 0 Å². The zero-order chi connectivity index (χ0) is 27.1. The van der Waals surface area contributed by atoms with E-state index in [4.69, 9.17) is 9.84 Å². The summed E-state index contributed by atoms with van der Waals surface area (Å²) in [6.07, 6.45) is 3.01. The number of rotatable bonds is 9. The van der Waals surface area contributed by atoms with Gasteiger partial charge < -0.3 is 25.4 Å².